The van der Waals surface area contributed by atoms with Gasteiger partial charge in [-0.2, -0.15) is 10.2 Å². The first kappa shape index (κ1) is 16.0. The van der Waals surface area contributed by atoms with E-state index in [2.05, 4.69) is 43.2 Å². The van der Waals surface area contributed by atoms with Gasteiger partial charge < -0.3 is 5.32 Å². The van der Waals surface area contributed by atoms with Gasteiger partial charge in [-0.15, -0.1) is 0 Å². The number of rotatable bonds is 6. The molecule has 0 aliphatic heterocycles. The van der Waals surface area contributed by atoms with Crippen LogP contribution in [-0.2, 0) is 13.6 Å². The zero-order valence-corrected chi connectivity index (χ0v) is 14.1. The summed E-state index contributed by atoms with van der Waals surface area (Å²) in [6.07, 6.45) is 3.79. The second kappa shape index (κ2) is 6.62. The zero-order valence-electron chi connectivity index (χ0n) is 13.3. The molecule has 116 valence electrons. The van der Waals surface area contributed by atoms with Crippen LogP contribution >= 0.6 is 11.6 Å². The van der Waals surface area contributed by atoms with Crippen molar-refractivity contribution in [2.75, 3.05) is 0 Å². The molecule has 2 rings (SSSR count). The van der Waals surface area contributed by atoms with Gasteiger partial charge in [-0.05, 0) is 25.8 Å². The number of nitrogens with one attached hydrogen (secondary N) is 1. The van der Waals surface area contributed by atoms with Crippen LogP contribution in [0.25, 0.3) is 0 Å². The minimum Gasteiger partial charge on any atom is -0.308 e. The minimum absolute atomic E-state index is 0.276. The first-order valence-corrected chi connectivity index (χ1v) is 7.73. The van der Waals surface area contributed by atoms with E-state index in [0.717, 1.165) is 11.3 Å². The third-order valence-corrected chi connectivity index (χ3v) is 4.39. The summed E-state index contributed by atoms with van der Waals surface area (Å²) in [5.41, 5.74) is 2.16. The number of aromatic nitrogens is 4. The van der Waals surface area contributed by atoms with Gasteiger partial charge in [0.15, 0.2) is 0 Å². The van der Waals surface area contributed by atoms with Crippen LogP contribution in [0.4, 0.5) is 0 Å². The summed E-state index contributed by atoms with van der Waals surface area (Å²) < 4.78 is 3.71. The minimum atomic E-state index is 0.276. The topological polar surface area (TPSA) is 47.7 Å². The van der Waals surface area contributed by atoms with Crippen LogP contribution in [0, 0.1) is 0 Å². The van der Waals surface area contributed by atoms with E-state index in [-0.39, 0.29) is 12.1 Å². The van der Waals surface area contributed by atoms with Crippen LogP contribution in [0.2, 0.25) is 5.15 Å². The molecule has 2 heterocycles. The molecule has 2 aromatic heterocycles. The SMILES string of the molecule is CC(C)c1nn(C)c(Cl)c1CN[C@@H](C)[C@@H](C)n1cccn1. The van der Waals surface area contributed by atoms with Crippen LogP contribution in [0.1, 0.15) is 50.9 Å². The molecule has 0 saturated heterocycles. The van der Waals surface area contributed by atoms with Crippen molar-refractivity contribution >= 4 is 11.6 Å². The second-order valence-electron chi connectivity index (χ2n) is 5.83. The Balaban J connectivity index is 2.06. The molecule has 0 unspecified atom stereocenters. The summed E-state index contributed by atoms with van der Waals surface area (Å²) in [4.78, 5) is 0. The van der Waals surface area contributed by atoms with Crippen LogP contribution in [0.15, 0.2) is 18.5 Å². The largest absolute Gasteiger partial charge is 0.308 e. The molecule has 0 aliphatic rings. The van der Waals surface area contributed by atoms with Gasteiger partial charge in [0.1, 0.15) is 5.15 Å². The van der Waals surface area contributed by atoms with Crippen molar-refractivity contribution in [3.8, 4) is 0 Å². The third kappa shape index (κ3) is 3.47. The lowest BCUT2D eigenvalue weighted by atomic mass is 10.1. The summed E-state index contributed by atoms with van der Waals surface area (Å²) in [5, 5.41) is 13.1. The lowest BCUT2D eigenvalue weighted by molar-refractivity contribution is 0.364. The smallest absolute Gasteiger partial charge is 0.131 e. The van der Waals surface area contributed by atoms with Crippen LogP contribution in [0.5, 0.6) is 0 Å². The van der Waals surface area contributed by atoms with Crippen molar-refractivity contribution in [3.05, 3.63) is 34.9 Å². The fourth-order valence-electron chi connectivity index (χ4n) is 2.38. The van der Waals surface area contributed by atoms with Crippen molar-refractivity contribution in [2.45, 2.75) is 52.2 Å². The average molecular weight is 310 g/mol. The number of aryl methyl sites for hydroxylation is 1. The van der Waals surface area contributed by atoms with Gasteiger partial charge in [-0.3, -0.25) is 9.36 Å². The fraction of sp³-hybridized carbons (Fsp3) is 0.600. The predicted octanol–water partition coefficient (Wildman–Crippen LogP) is 3.13. The molecule has 5 nitrogen and oxygen atoms in total. The summed E-state index contributed by atoms with van der Waals surface area (Å²) in [7, 11) is 1.88. The third-order valence-electron chi connectivity index (χ3n) is 3.91. The van der Waals surface area contributed by atoms with E-state index < -0.39 is 0 Å². The molecule has 2 atom stereocenters. The standard InChI is InChI=1S/C15H24ClN5/c1-10(2)14-13(15(16)20(5)19-14)9-17-11(3)12(4)21-8-6-7-18-21/h6-8,10-12,17H,9H2,1-5H3/t11-,12+/m0/s1. The molecule has 6 heteroatoms. The first-order chi connectivity index (χ1) is 9.91. The van der Waals surface area contributed by atoms with Crippen molar-refractivity contribution < 1.29 is 0 Å². The Hall–Kier alpha value is -1.33. The molecule has 1 N–H and O–H groups in total. The predicted molar refractivity (Wildman–Crippen MR) is 85.5 cm³/mol. The maximum absolute atomic E-state index is 6.36. The Labute approximate surface area is 131 Å². The molecule has 0 fully saturated rings. The lowest BCUT2D eigenvalue weighted by Crippen LogP contribution is -2.33. The average Bonchev–Trinajstić information content (AvgIpc) is 3.06. The molecule has 0 spiro atoms. The number of hydrogen-bond acceptors (Lipinski definition) is 3. The molecule has 0 saturated carbocycles. The molecular formula is C15H24ClN5. The van der Waals surface area contributed by atoms with E-state index in [4.69, 9.17) is 11.6 Å². The van der Waals surface area contributed by atoms with E-state index >= 15 is 0 Å². The first-order valence-electron chi connectivity index (χ1n) is 7.35. The highest BCUT2D eigenvalue weighted by Crippen LogP contribution is 2.25. The van der Waals surface area contributed by atoms with Crippen LogP contribution < -0.4 is 5.32 Å². The molecule has 21 heavy (non-hydrogen) atoms. The van der Waals surface area contributed by atoms with E-state index in [9.17, 15) is 0 Å². The summed E-state index contributed by atoms with van der Waals surface area (Å²) in [6, 6.07) is 2.50. The van der Waals surface area contributed by atoms with Gasteiger partial charge in [-0.1, -0.05) is 25.4 Å². The zero-order chi connectivity index (χ0) is 15.6. The molecule has 0 aliphatic carbocycles. The summed E-state index contributed by atoms with van der Waals surface area (Å²) in [6.45, 7) is 9.30. The Morgan fingerprint density at radius 3 is 2.57 bits per heavy atom. The quantitative estimate of drug-likeness (QED) is 0.892. The Bertz CT molecular complexity index is 573. The lowest BCUT2D eigenvalue weighted by Gasteiger charge is -2.22. The van der Waals surface area contributed by atoms with Gasteiger partial charge in [-0.25, -0.2) is 0 Å². The maximum Gasteiger partial charge on any atom is 0.131 e. The highest BCUT2D eigenvalue weighted by molar-refractivity contribution is 6.30. The molecule has 0 bridgehead atoms. The van der Waals surface area contributed by atoms with Gasteiger partial charge in [0.25, 0.3) is 0 Å². The number of hydrogen-bond donors (Lipinski definition) is 1. The Kier molecular flexibility index (Phi) is 5.06. The Morgan fingerprint density at radius 1 is 1.29 bits per heavy atom. The summed E-state index contributed by atoms with van der Waals surface area (Å²) in [5.74, 6) is 0.361. The van der Waals surface area contributed by atoms with E-state index in [1.54, 1.807) is 10.9 Å². The molecule has 2 aromatic rings. The van der Waals surface area contributed by atoms with Crippen LogP contribution in [0.3, 0.4) is 0 Å². The van der Waals surface area contributed by atoms with Gasteiger partial charge in [0.2, 0.25) is 0 Å². The van der Waals surface area contributed by atoms with Gasteiger partial charge in [0.05, 0.1) is 11.7 Å². The Morgan fingerprint density at radius 2 is 2.00 bits per heavy atom. The van der Waals surface area contributed by atoms with E-state index in [1.807, 2.05) is 24.0 Å². The van der Waals surface area contributed by atoms with E-state index in [1.165, 1.54) is 0 Å². The summed E-state index contributed by atoms with van der Waals surface area (Å²) >= 11 is 6.36. The second-order valence-corrected chi connectivity index (χ2v) is 6.19. The van der Waals surface area contributed by atoms with Crippen LogP contribution in [-0.4, -0.2) is 25.6 Å². The highest BCUT2D eigenvalue weighted by Gasteiger charge is 2.19. The van der Waals surface area contributed by atoms with Gasteiger partial charge >= 0.3 is 0 Å². The highest BCUT2D eigenvalue weighted by atomic mass is 35.5. The van der Waals surface area contributed by atoms with Gasteiger partial charge in [0, 0.05) is 37.6 Å². The molecule has 0 amide bonds. The van der Waals surface area contributed by atoms with Crippen molar-refractivity contribution in [3.63, 3.8) is 0 Å². The molecule has 0 aromatic carbocycles. The fourth-order valence-corrected chi connectivity index (χ4v) is 2.58. The van der Waals surface area contributed by atoms with Crippen molar-refractivity contribution in [1.82, 2.24) is 24.9 Å². The molecule has 0 radical (unpaired) electrons. The monoisotopic (exact) mass is 309 g/mol. The van der Waals surface area contributed by atoms with E-state index in [0.29, 0.717) is 17.6 Å². The van der Waals surface area contributed by atoms with Crippen molar-refractivity contribution in [1.29, 1.82) is 0 Å². The number of nitrogens with zero attached hydrogens (tertiary/aromatic N) is 4. The maximum atomic E-state index is 6.36. The number of halogens is 1. The normalized spacial score (nSPS) is 14.6. The molecular weight excluding hydrogens is 286 g/mol. The van der Waals surface area contributed by atoms with Crippen molar-refractivity contribution in [2.24, 2.45) is 7.05 Å².